The summed E-state index contributed by atoms with van der Waals surface area (Å²) in [5.74, 6) is 0.150. The maximum Gasteiger partial charge on any atom is 0.361 e. The van der Waals surface area contributed by atoms with Crippen molar-refractivity contribution in [3.05, 3.63) is 24.4 Å². The Kier molecular flexibility index (Phi) is 3.61. The lowest BCUT2D eigenvalue weighted by molar-refractivity contribution is 0.475. The third kappa shape index (κ3) is 3.46. The molecule has 3 N–H and O–H groups in total. The molecule has 0 spiro atoms. The second-order valence-electron chi connectivity index (χ2n) is 3.17. The molecular weight excluding hydrogens is 218 g/mol. The highest BCUT2D eigenvalue weighted by Crippen LogP contribution is 2.12. The van der Waals surface area contributed by atoms with Crippen LogP contribution in [0.1, 0.15) is 6.92 Å². The van der Waals surface area contributed by atoms with Gasteiger partial charge in [0, 0.05) is 12.2 Å². The monoisotopic (exact) mass is 231 g/mol. The predicted molar refractivity (Wildman–Crippen MR) is 56.8 cm³/mol. The lowest BCUT2D eigenvalue weighted by Crippen LogP contribution is -2.40. The van der Waals surface area contributed by atoms with Crippen LogP contribution in [-0.4, -0.2) is 30.5 Å². The molecule has 0 fully saturated rings. The van der Waals surface area contributed by atoms with Crippen molar-refractivity contribution < 1.29 is 13.0 Å². The van der Waals surface area contributed by atoms with Crippen molar-refractivity contribution in [3.63, 3.8) is 0 Å². The van der Waals surface area contributed by atoms with Crippen molar-refractivity contribution in [3.8, 4) is 0 Å². The zero-order valence-corrected chi connectivity index (χ0v) is 9.05. The highest BCUT2D eigenvalue weighted by atomic mass is 32.2. The molecule has 0 bridgehead atoms. The second-order valence-corrected chi connectivity index (χ2v) is 4.51. The van der Waals surface area contributed by atoms with Gasteiger partial charge in [-0.15, -0.1) is 0 Å². The van der Waals surface area contributed by atoms with Gasteiger partial charge in [0.2, 0.25) is 0 Å². The Labute approximate surface area is 88.6 Å². The van der Waals surface area contributed by atoms with Crippen molar-refractivity contribution >= 4 is 16.1 Å². The lowest BCUT2D eigenvalue weighted by Gasteiger charge is -2.21. The lowest BCUT2D eigenvalue weighted by atomic mass is 10.3. The van der Waals surface area contributed by atoms with Crippen molar-refractivity contribution in [1.82, 2.24) is 4.98 Å². The number of nitrogens with two attached hydrogens (primary N) is 1. The van der Waals surface area contributed by atoms with Crippen LogP contribution in [0.25, 0.3) is 0 Å². The van der Waals surface area contributed by atoms with Crippen molar-refractivity contribution in [2.45, 2.75) is 13.0 Å². The van der Waals surface area contributed by atoms with Gasteiger partial charge in [-0.1, -0.05) is 6.07 Å². The molecule has 0 aromatic carbocycles. The SMILES string of the molecule is C[C@H](N)CN(c1ccccn1)S(=O)(=O)O. The van der Waals surface area contributed by atoms with Gasteiger partial charge in [0.05, 0.1) is 6.54 Å². The molecule has 0 unspecified atom stereocenters. The molecule has 1 rings (SSSR count). The summed E-state index contributed by atoms with van der Waals surface area (Å²) in [6, 6.07) is 4.36. The Balaban J connectivity index is 3.03. The molecule has 1 atom stereocenters. The van der Waals surface area contributed by atoms with E-state index in [1.165, 1.54) is 12.3 Å². The summed E-state index contributed by atoms with van der Waals surface area (Å²) in [5.41, 5.74) is 5.48. The first-order chi connectivity index (χ1) is 6.91. The van der Waals surface area contributed by atoms with Gasteiger partial charge in [-0.3, -0.25) is 4.55 Å². The van der Waals surface area contributed by atoms with Crippen molar-refractivity contribution in [2.75, 3.05) is 10.8 Å². The summed E-state index contributed by atoms with van der Waals surface area (Å²) in [5, 5.41) is 0. The number of hydrogen-bond donors (Lipinski definition) is 2. The molecule has 1 heterocycles. The first-order valence-corrected chi connectivity index (χ1v) is 5.72. The molecule has 0 radical (unpaired) electrons. The Hall–Kier alpha value is -1.18. The molecule has 0 amide bonds. The van der Waals surface area contributed by atoms with E-state index in [2.05, 4.69) is 4.98 Å². The molecule has 7 heteroatoms. The minimum atomic E-state index is -4.32. The van der Waals surface area contributed by atoms with Crippen LogP contribution in [0.15, 0.2) is 24.4 Å². The Morgan fingerprint density at radius 2 is 2.27 bits per heavy atom. The van der Waals surface area contributed by atoms with Crippen LogP contribution in [0.4, 0.5) is 5.82 Å². The zero-order chi connectivity index (χ0) is 11.5. The topological polar surface area (TPSA) is 96.5 Å². The number of rotatable bonds is 4. The molecule has 15 heavy (non-hydrogen) atoms. The van der Waals surface area contributed by atoms with Crippen LogP contribution in [0.5, 0.6) is 0 Å². The molecule has 0 aliphatic carbocycles. The van der Waals surface area contributed by atoms with E-state index in [0.29, 0.717) is 0 Å². The normalized spacial score (nSPS) is 13.5. The highest BCUT2D eigenvalue weighted by molar-refractivity contribution is 7.87. The van der Waals surface area contributed by atoms with E-state index in [1.807, 2.05) is 0 Å². The van der Waals surface area contributed by atoms with Gasteiger partial charge in [0.25, 0.3) is 0 Å². The molecule has 0 saturated carbocycles. The fourth-order valence-electron chi connectivity index (χ4n) is 1.07. The van der Waals surface area contributed by atoms with Gasteiger partial charge < -0.3 is 5.73 Å². The highest BCUT2D eigenvalue weighted by Gasteiger charge is 2.21. The summed E-state index contributed by atoms with van der Waals surface area (Å²) in [6.45, 7) is 1.62. The summed E-state index contributed by atoms with van der Waals surface area (Å²) >= 11 is 0. The van der Waals surface area contributed by atoms with E-state index in [-0.39, 0.29) is 12.4 Å². The van der Waals surface area contributed by atoms with Gasteiger partial charge in [0.1, 0.15) is 5.82 Å². The first kappa shape index (κ1) is 11.9. The fraction of sp³-hybridized carbons (Fsp3) is 0.375. The van der Waals surface area contributed by atoms with Crippen LogP contribution < -0.4 is 10.0 Å². The largest absolute Gasteiger partial charge is 0.361 e. The molecule has 84 valence electrons. The van der Waals surface area contributed by atoms with E-state index in [9.17, 15) is 8.42 Å². The minimum Gasteiger partial charge on any atom is -0.326 e. The van der Waals surface area contributed by atoms with E-state index >= 15 is 0 Å². The maximum absolute atomic E-state index is 11.1. The summed E-state index contributed by atoms with van der Waals surface area (Å²) < 4.78 is 31.9. The predicted octanol–water partition coefficient (Wildman–Crippen LogP) is 0.0380. The molecule has 6 nitrogen and oxygen atoms in total. The molecular formula is C8H13N3O3S. The third-order valence-electron chi connectivity index (χ3n) is 1.64. The van der Waals surface area contributed by atoms with Crippen molar-refractivity contribution in [2.24, 2.45) is 5.73 Å². The average molecular weight is 231 g/mol. The molecule has 0 aliphatic heterocycles. The average Bonchev–Trinajstić information content (AvgIpc) is 2.14. The number of anilines is 1. The van der Waals surface area contributed by atoms with E-state index < -0.39 is 16.3 Å². The smallest absolute Gasteiger partial charge is 0.326 e. The van der Waals surface area contributed by atoms with Crippen LogP contribution in [0.3, 0.4) is 0 Å². The fourth-order valence-corrected chi connectivity index (χ4v) is 1.84. The van der Waals surface area contributed by atoms with Crippen molar-refractivity contribution in [1.29, 1.82) is 0 Å². The minimum absolute atomic E-state index is 0.0180. The standard InChI is InChI=1S/C8H13N3O3S/c1-7(9)6-11(15(12,13)14)8-4-2-3-5-10-8/h2-5,7H,6,9H2,1H3,(H,12,13,14)/t7-/m0/s1. The van der Waals surface area contributed by atoms with Crippen LogP contribution in [0.2, 0.25) is 0 Å². The van der Waals surface area contributed by atoms with Gasteiger partial charge in [-0.25, -0.2) is 9.29 Å². The second kappa shape index (κ2) is 4.56. The third-order valence-corrected chi connectivity index (χ3v) is 2.53. The summed E-state index contributed by atoms with van der Waals surface area (Å²) in [6.07, 6.45) is 1.44. The van der Waals surface area contributed by atoms with Gasteiger partial charge in [-0.05, 0) is 19.1 Å². The molecule has 0 aliphatic rings. The van der Waals surface area contributed by atoms with Gasteiger partial charge >= 0.3 is 10.3 Å². The summed E-state index contributed by atoms with van der Waals surface area (Å²) in [4.78, 5) is 3.83. The van der Waals surface area contributed by atoms with Crippen LogP contribution >= 0.6 is 0 Å². The first-order valence-electron chi connectivity index (χ1n) is 4.33. The number of hydrogen-bond acceptors (Lipinski definition) is 4. The number of pyridine rings is 1. The number of nitrogens with zero attached hydrogens (tertiary/aromatic N) is 2. The van der Waals surface area contributed by atoms with Gasteiger partial charge in [-0.2, -0.15) is 8.42 Å². The molecule has 1 aromatic heterocycles. The van der Waals surface area contributed by atoms with Crippen LogP contribution in [0, 0.1) is 0 Å². The molecule has 1 aromatic rings. The Bertz CT molecular complexity index is 404. The van der Waals surface area contributed by atoms with E-state index in [4.69, 9.17) is 10.3 Å². The summed E-state index contributed by atoms with van der Waals surface area (Å²) in [7, 11) is -4.32. The Morgan fingerprint density at radius 1 is 1.60 bits per heavy atom. The van der Waals surface area contributed by atoms with E-state index in [1.54, 1.807) is 19.1 Å². The zero-order valence-electron chi connectivity index (χ0n) is 8.24. The quantitative estimate of drug-likeness (QED) is 0.713. The van der Waals surface area contributed by atoms with Crippen LogP contribution in [-0.2, 0) is 10.3 Å². The molecule has 0 saturated heterocycles. The van der Waals surface area contributed by atoms with Gasteiger partial charge in [0.15, 0.2) is 0 Å². The number of aromatic nitrogens is 1. The Morgan fingerprint density at radius 3 is 2.67 bits per heavy atom. The van der Waals surface area contributed by atoms with E-state index in [0.717, 1.165) is 4.31 Å². The maximum atomic E-state index is 11.1.